The van der Waals surface area contributed by atoms with Gasteiger partial charge in [0.25, 0.3) is 0 Å². The van der Waals surface area contributed by atoms with Gasteiger partial charge in [0, 0.05) is 39.8 Å². The lowest BCUT2D eigenvalue weighted by atomic mass is 9.96. The van der Waals surface area contributed by atoms with E-state index < -0.39 is 0 Å². The summed E-state index contributed by atoms with van der Waals surface area (Å²) in [5.74, 6) is 0.616. The number of hydrogen-bond acceptors (Lipinski definition) is 5. The Kier molecular flexibility index (Phi) is 24.3. The van der Waals surface area contributed by atoms with Crippen LogP contribution in [0.3, 0.4) is 0 Å². The van der Waals surface area contributed by atoms with Crippen molar-refractivity contribution in [2.75, 3.05) is 0 Å². The molecule has 1 aliphatic carbocycles. The summed E-state index contributed by atoms with van der Waals surface area (Å²) in [5, 5.41) is 0.825. The van der Waals surface area contributed by atoms with E-state index >= 15 is 0 Å². The predicted octanol–water partition coefficient (Wildman–Crippen LogP) is 7.73. The first kappa shape index (κ1) is 33.4. The van der Waals surface area contributed by atoms with E-state index in [2.05, 4.69) is 42.5 Å². The average molecular weight is 719 g/mol. The van der Waals surface area contributed by atoms with Gasteiger partial charge in [0.15, 0.2) is 0 Å². The lowest BCUT2D eigenvalue weighted by Crippen LogP contribution is -2.25. The van der Waals surface area contributed by atoms with Crippen molar-refractivity contribution >= 4 is 80.0 Å². The van der Waals surface area contributed by atoms with Crippen molar-refractivity contribution in [3.8, 4) is 5.88 Å². The van der Waals surface area contributed by atoms with Crippen molar-refractivity contribution in [2.24, 2.45) is 0 Å². The van der Waals surface area contributed by atoms with Crippen molar-refractivity contribution < 1.29 is 36.9 Å². The van der Waals surface area contributed by atoms with Gasteiger partial charge in [-0.3, -0.25) is 4.70 Å². The first-order chi connectivity index (χ1) is 13.5. The third-order valence-corrected chi connectivity index (χ3v) is 5.19. The van der Waals surface area contributed by atoms with Crippen LogP contribution in [-0.4, -0.2) is 26.0 Å². The molecule has 3 rings (SSSR count). The molecular weight excluding hydrogens is 709 g/mol. The summed E-state index contributed by atoms with van der Waals surface area (Å²) in [4.78, 5) is 15.3. The zero-order valence-corrected chi connectivity index (χ0v) is 20.2. The highest BCUT2D eigenvalue weighted by atomic mass is 127. The Morgan fingerprint density at radius 3 is 1.66 bits per heavy atom. The van der Waals surface area contributed by atoms with Gasteiger partial charge in [0.05, 0.1) is 7.14 Å². The van der Waals surface area contributed by atoms with E-state index in [0.29, 0.717) is 17.1 Å². The van der Waals surface area contributed by atoms with Crippen LogP contribution in [0.25, 0.3) is 0 Å². The molecule has 1 aliphatic rings. The molecule has 2 heterocycles. The molecule has 0 aromatic carbocycles. The van der Waals surface area contributed by atoms with E-state index in [1.165, 1.54) is 6.42 Å². The number of ether oxygens (including phenoxy) is 1. The molecule has 0 spiro atoms. The predicted molar refractivity (Wildman–Crippen MR) is 112 cm³/mol. The fraction of sp³-hybridized carbons (Fsp3) is 0.333. The molecule has 0 amide bonds. The Balaban J connectivity index is -0.000000373. The number of rotatable bonds is 2. The first-order valence-corrected chi connectivity index (χ1v) is 9.86. The first-order valence-electron chi connectivity index (χ1n) is 6.57. The number of nitrogens with zero attached hydrogens (tertiary/aromatic N) is 4. The van der Waals surface area contributed by atoms with Gasteiger partial charge in [-0.25, -0.2) is 15.0 Å². The van der Waals surface area contributed by atoms with Gasteiger partial charge in [-0.1, -0.05) is 11.6 Å². The molecule has 168 valence electrons. The zero-order valence-electron chi connectivity index (χ0n) is 13.6. The lowest BCUT2D eigenvalue weighted by Gasteiger charge is -2.25. The standard InChI is InChI=1S/C8H8ClIN2O.C4HCl2IN2.3F2.FH/c9-8-11-4-6(10)7(12-8)13-5-2-1-3-5;5-3-2(7)1-8-4(6)9-3;3*1-2;/h4-5H,1-3H2;1H;;;;1H. The maximum atomic E-state index is 8.00. The minimum absolute atomic E-state index is 0. The van der Waals surface area contributed by atoms with Gasteiger partial charge in [0.1, 0.15) is 11.3 Å². The van der Waals surface area contributed by atoms with E-state index in [-0.39, 0.29) is 15.3 Å². The summed E-state index contributed by atoms with van der Waals surface area (Å²) >= 11 is 20.8. The minimum atomic E-state index is 0. The SMILES string of the molecule is Clc1ncc(I)c(Cl)n1.Clc1ncc(I)c(OC2CCC2)n1.F.FF.FF.FF. The Morgan fingerprint density at radius 1 is 0.828 bits per heavy atom. The van der Waals surface area contributed by atoms with E-state index in [4.69, 9.17) is 67.0 Å². The van der Waals surface area contributed by atoms with E-state index in [9.17, 15) is 0 Å². The highest BCUT2D eigenvalue weighted by Gasteiger charge is 2.20. The summed E-state index contributed by atoms with van der Waals surface area (Å²) in [6.45, 7) is 0. The minimum Gasteiger partial charge on any atom is -0.473 e. The molecule has 0 saturated heterocycles. The molecule has 2 aromatic rings. The number of hydrogen-bond donors (Lipinski definition) is 0. The van der Waals surface area contributed by atoms with Crippen LogP contribution in [0, 0.1) is 7.14 Å². The molecular formula is C12H10Cl3F7I2N4O. The molecule has 2 aromatic heterocycles. The summed E-state index contributed by atoms with van der Waals surface area (Å²) in [5.41, 5.74) is 0. The van der Waals surface area contributed by atoms with Gasteiger partial charge in [-0.2, -0.15) is 4.98 Å². The van der Waals surface area contributed by atoms with Crippen LogP contribution in [0.2, 0.25) is 15.7 Å². The Morgan fingerprint density at radius 2 is 1.28 bits per heavy atom. The van der Waals surface area contributed by atoms with Crippen molar-refractivity contribution in [1.82, 2.24) is 19.9 Å². The normalized spacial score (nSPS) is 11.1. The zero-order chi connectivity index (χ0) is 22.1. The second-order valence-corrected chi connectivity index (χ2v) is 7.60. The maximum Gasteiger partial charge on any atom is 0.231 e. The van der Waals surface area contributed by atoms with E-state index in [1.807, 2.05) is 22.6 Å². The highest BCUT2D eigenvalue weighted by molar-refractivity contribution is 14.1. The van der Waals surface area contributed by atoms with Gasteiger partial charge >= 0.3 is 0 Å². The fourth-order valence-corrected chi connectivity index (χ4v) is 2.46. The average Bonchev–Trinajstić information content (AvgIpc) is 2.69. The van der Waals surface area contributed by atoms with E-state index in [0.717, 1.165) is 20.0 Å². The second-order valence-electron chi connectivity index (χ2n) is 4.24. The van der Waals surface area contributed by atoms with E-state index in [1.54, 1.807) is 12.4 Å². The number of aromatic nitrogens is 4. The van der Waals surface area contributed by atoms with Crippen molar-refractivity contribution in [2.45, 2.75) is 25.4 Å². The topological polar surface area (TPSA) is 60.8 Å². The quantitative estimate of drug-likeness (QED) is 0.138. The van der Waals surface area contributed by atoms with Crippen LogP contribution in [0.5, 0.6) is 5.88 Å². The summed E-state index contributed by atoms with van der Waals surface area (Å²) in [6, 6.07) is 0. The Hall–Kier alpha value is -0.200. The van der Waals surface area contributed by atoms with Gasteiger partial charge < -0.3 is 4.74 Å². The lowest BCUT2D eigenvalue weighted by molar-refractivity contribution is 0.108. The number of halogens is 12. The molecule has 0 unspecified atom stereocenters. The van der Waals surface area contributed by atoms with Crippen LogP contribution in [0.4, 0.5) is 32.1 Å². The van der Waals surface area contributed by atoms with Gasteiger partial charge in [-0.05, 0) is 87.6 Å². The third-order valence-electron chi connectivity index (χ3n) is 2.68. The van der Waals surface area contributed by atoms with Gasteiger partial charge in [-0.15, -0.1) is 0 Å². The molecule has 0 atom stereocenters. The summed E-state index contributed by atoms with van der Waals surface area (Å²) in [7, 11) is 0. The van der Waals surface area contributed by atoms with Crippen LogP contribution in [0.15, 0.2) is 12.4 Å². The third kappa shape index (κ3) is 14.4. The van der Waals surface area contributed by atoms with Crippen LogP contribution >= 0.6 is 80.0 Å². The summed E-state index contributed by atoms with van der Waals surface area (Å²) < 4.78 is 55.3. The second kappa shape index (κ2) is 21.0. The molecule has 0 aliphatic heterocycles. The molecule has 29 heavy (non-hydrogen) atoms. The molecule has 1 saturated carbocycles. The smallest absolute Gasteiger partial charge is 0.231 e. The maximum absolute atomic E-state index is 8.00. The molecule has 0 bridgehead atoms. The molecule has 5 nitrogen and oxygen atoms in total. The van der Waals surface area contributed by atoms with Crippen LogP contribution in [0.1, 0.15) is 19.3 Å². The van der Waals surface area contributed by atoms with Crippen molar-refractivity contribution in [1.29, 1.82) is 0 Å². The Bertz CT molecular complexity index is 681. The molecule has 17 heteroatoms. The van der Waals surface area contributed by atoms with Gasteiger partial charge in [0.2, 0.25) is 16.4 Å². The molecule has 1 fully saturated rings. The summed E-state index contributed by atoms with van der Waals surface area (Å²) in [6.07, 6.45) is 7.07. The Labute approximate surface area is 202 Å². The monoisotopic (exact) mass is 718 g/mol. The largest absolute Gasteiger partial charge is 0.473 e. The van der Waals surface area contributed by atoms with Crippen molar-refractivity contribution in [3.05, 3.63) is 35.3 Å². The highest BCUT2D eigenvalue weighted by Crippen LogP contribution is 2.27. The van der Waals surface area contributed by atoms with Crippen LogP contribution in [-0.2, 0) is 0 Å². The fourth-order valence-electron chi connectivity index (χ4n) is 1.39. The van der Waals surface area contributed by atoms with Crippen molar-refractivity contribution in [3.63, 3.8) is 0 Å². The molecule has 0 radical (unpaired) electrons. The molecule has 0 N–H and O–H groups in total. The van der Waals surface area contributed by atoms with Crippen LogP contribution < -0.4 is 4.74 Å².